The monoisotopic (exact) mass is 331 g/mol. The quantitative estimate of drug-likeness (QED) is 0.653. The van der Waals surface area contributed by atoms with Gasteiger partial charge in [-0.25, -0.2) is 4.98 Å². The molecule has 1 unspecified atom stereocenters. The number of hydrogen-bond donors (Lipinski definition) is 0. The molecule has 0 aliphatic heterocycles. The van der Waals surface area contributed by atoms with E-state index in [0.29, 0.717) is 5.92 Å². The number of hydrogen-bond acceptors (Lipinski definition) is 2. The van der Waals surface area contributed by atoms with Gasteiger partial charge in [-0.15, -0.1) is 11.3 Å². The van der Waals surface area contributed by atoms with E-state index in [9.17, 15) is 4.39 Å². The van der Waals surface area contributed by atoms with Crippen LogP contribution >= 0.6 is 22.9 Å². The predicted molar refractivity (Wildman–Crippen MR) is 91.5 cm³/mol. The van der Waals surface area contributed by atoms with Crippen LogP contribution in [-0.2, 0) is 6.42 Å². The fraction of sp³-hybridized carbons (Fsp3) is 0.167. The molecule has 22 heavy (non-hydrogen) atoms. The Hall–Kier alpha value is -1.71. The van der Waals surface area contributed by atoms with E-state index >= 15 is 0 Å². The number of rotatable bonds is 3. The average molecular weight is 332 g/mol. The van der Waals surface area contributed by atoms with Gasteiger partial charge in [0.1, 0.15) is 0 Å². The van der Waals surface area contributed by atoms with Crippen molar-refractivity contribution < 1.29 is 4.39 Å². The Balaban J connectivity index is 1.83. The van der Waals surface area contributed by atoms with Gasteiger partial charge in [-0.1, -0.05) is 36.8 Å². The zero-order chi connectivity index (χ0) is 15.5. The van der Waals surface area contributed by atoms with E-state index in [0.717, 1.165) is 27.5 Å². The summed E-state index contributed by atoms with van der Waals surface area (Å²) >= 11 is 7.99. The molecular weight excluding hydrogens is 317 g/mol. The molecule has 0 amide bonds. The van der Waals surface area contributed by atoms with E-state index in [1.165, 1.54) is 17.1 Å². The predicted octanol–water partition coefficient (Wildman–Crippen LogP) is 5.75. The van der Waals surface area contributed by atoms with E-state index in [1.807, 2.05) is 18.2 Å². The third-order valence-corrected chi connectivity index (χ3v) is 4.99. The number of aromatic nitrogens is 1. The second-order valence-electron chi connectivity index (χ2n) is 5.26. The molecule has 0 saturated heterocycles. The van der Waals surface area contributed by atoms with E-state index in [-0.39, 0.29) is 0 Å². The fourth-order valence-corrected chi connectivity index (χ4v) is 3.50. The van der Waals surface area contributed by atoms with Crippen LogP contribution < -0.4 is 0 Å². The third-order valence-electron chi connectivity index (χ3n) is 3.49. The van der Waals surface area contributed by atoms with Gasteiger partial charge in [0.05, 0.1) is 0 Å². The summed E-state index contributed by atoms with van der Waals surface area (Å²) in [6.45, 7) is 2.13. The number of thiophene rings is 1. The summed E-state index contributed by atoms with van der Waals surface area (Å²) in [5.74, 6) is -0.0611. The molecule has 0 saturated carbocycles. The van der Waals surface area contributed by atoms with Crippen molar-refractivity contribution in [2.75, 3.05) is 0 Å². The zero-order valence-corrected chi connectivity index (χ0v) is 13.7. The molecule has 1 aliphatic carbocycles. The molecule has 4 heteroatoms. The Bertz CT molecular complexity index is 773. The molecular formula is C18H15ClFNS. The highest BCUT2D eigenvalue weighted by Gasteiger charge is 2.09. The maximum atomic E-state index is 13.2. The SMILES string of the molecule is CC1C=CC(Cl)=C(Cc2ccc(-c3ccnc(F)c3)s2)C=C1. The lowest BCUT2D eigenvalue weighted by Crippen LogP contribution is -1.86. The summed E-state index contributed by atoms with van der Waals surface area (Å²) in [6, 6.07) is 7.36. The standard InChI is InChI=1S/C18H15ClFNS/c1-12-2-4-13(16(19)6-3-12)10-15-5-7-17(22-15)14-8-9-21-18(20)11-14/h2-9,11-12H,10H2,1H3. The molecule has 2 heterocycles. The Morgan fingerprint density at radius 1 is 1.23 bits per heavy atom. The molecule has 0 N–H and O–H groups in total. The number of pyridine rings is 1. The highest BCUT2D eigenvalue weighted by molar-refractivity contribution is 7.15. The van der Waals surface area contributed by atoms with Gasteiger partial charge in [-0.05, 0) is 41.3 Å². The molecule has 1 aliphatic rings. The lowest BCUT2D eigenvalue weighted by Gasteiger charge is -2.01. The first-order valence-corrected chi connectivity index (χ1v) is 8.27. The average Bonchev–Trinajstić information content (AvgIpc) is 2.91. The van der Waals surface area contributed by atoms with Crippen molar-refractivity contribution in [3.63, 3.8) is 0 Å². The number of halogens is 2. The van der Waals surface area contributed by atoms with Gasteiger partial charge in [-0.3, -0.25) is 0 Å². The summed E-state index contributed by atoms with van der Waals surface area (Å²) in [7, 11) is 0. The molecule has 2 aromatic heterocycles. The minimum atomic E-state index is -0.455. The van der Waals surface area contributed by atoms with Crippen molar-refractivity contribution in [2.24, 2.45) is 5.92 Å². The van der Waals surface area contributed by atoms with E-state index in [4.69, 9.17) is 11.6 Å². The lowest BCUT2D eigenvalue weighted by atomic mass is 10.1. The van der Waals surface area contributed by atoms with E-state index in [1.54, 1.807) is 11.3 Å². The van der Waals surface area contributed by atoms with Gasteiger partial charge in [-0.2, -0.15) is 4.39 Å². The van der Waals surface area contributed by atoms with Gasteiger partial charge in [0, 0.05) is 33.5 Å². The molecule has 1 nitrogen and oxygen atoms in total. The summed E-state index contributed by atoms with van der Waals surface area (Å²) < 4.78 is 13.2. The van der Waals surface area contributed by atoms with Crippen LogP contribution in [0.1, 0.15) is 11.8 Å². The highest BCUT2D eigenvalue weighted by atomic mass is 35.5. The molecule has 1 atom stereocenters. The second kappa shape index (κ2) is 6.59. The first kappa shape index (κ1) is 15.2. The van der Waals surface area contributed by atoms with Crippen molar-refractivity contribution in [2.45, 2.75) is 13.3 Å². The molecule has 0 radical (unpaired) electrons. The van der Waals surface area contributed by atoms with Crippen molar-refractivity contribution in [3.05, 3.63) is 76.2 Å². The number of allylic oxidation sites excluding steroid dienone is 6. The molecule has 0 bridgehead atoms. The Kier molecular flexibility index (Phi) is 4.55. The largest absolute Gasteiger partial charge is 0.228 e. The van der Waals surface area contributed by atoms with Gasteiger partial charge in [0.25, 0.3) is 0 Å². The van der Waals surface area contributed by atoms with Crippen LogP contribution in [0.2, 0.25) is 0 Å². The van der Waals surface area contributed by atoms with Crippen molar-refractivity contribution >= 4 is 22.9 Å². The van der Waals surface area contributed by atoms with Crippen LogP contribution in [0.3, 0.4) is 0 Å². The van der Waals surface area contributed by atoms with Crippen LogP contribution in [0.5, 0.6) is 0 Å². The highest BCUT2D eigenvalue weighted by Crippen LogP contribution is 2.31. The smallest absolute Gasteiger partial charge is 0.213 e. The molecule has 3 rings (SSSR count). The van der Waals surface area contributed by atoms with Crippen LogP contribution in [0, 0.1) is 11.9 Å². The van der Waals surface area contributed by atoms with Gasteiger partial charge in [0.15, 0.2) is 0 Å². The van der Waals surface area contributed by atoms with Gasteiger partial charge >= 0.3 is 0 Å². The summed E-state index contributed by atoms with van der Waals surface area (Å²) in [5.41, 5.74) is 1.96. The lowest BCUT2D eigenvalue weighted by molar-refractivity contribution is 0.584. The minimum absolute atomic E-state index is 0.393. The van der Waals surface area contributed by atoms with Crippen molar-refractivity contribution in [3.8, 4) is 10.4 Å². The molecule has 2 aromatic rings. The van der Waals surface area contributed by atoms with E-state index in [2.05, 4.69) is 36.2 Å². The Labute approximate surface area is 138 Å². The van der Waals surface area contributed by atoms with Crippen LogP contribution in [0.25, 0.3) is 10.4 Å². The third kappa shape index (κ3) is 3.54. The van der Waals surface area contributed by atoms with Crippen molar-refractivity contribution in [1.82, 2.24) is 4.98 Å². The van der Waals surface area contributed by atoms with Crippen LogP contribution in [-0.4, -0.2) is 4.98 Å². The Morgan fingerprint density at radius 3 is 2.86 bits per heavy atom. The maximum absolute atomic E-state index is 13.2. The van der Waals surface area contributed by atoms with Gasteiger partial charge in [0.2, 0.25) is 5.95 Å². The second-order valence-corrected chi connectivity index (χ2v) is 6.84. The van der Waals surface area contributed by atoms with E-state index < -0.39 is 5.95 Å². The first-order valence-electron chi connectivity index (χ1n) is 7.07. The molecule has 0 spiro atoms. The van der Waals surface area contributed by atoms with Crippen LogP contribution in [0.4, 0.5) is 4.39 Å². The number of nitrogens with zero attached hydrogens (tertiary/aromatic N) is 1. The van der Waals surface area contributed by atoms with Crippen LogP contribution in [0.15, 0.2) is 65.4 Å². The summed E-state index contributed by atoms with van der Waals surface area (Å²) in [5, 5.41) is 0.783. The maximum Gasteiger partial charge on any atom is 0.213 e. The summed E-state index contributed by atoms with van der Waals surface area (Å²) in [6.07, 6.45) is 10.6. The molecule has 0 fully saturated rings. The Morgan fingerprint density at radius 2 is 2.05 bits per heavy atom. The molecule has 0 aromatic carbocycles. The fourth-order valence-electron chi connectivity index (χ4n) is 2.27. The normalized spacial score (nSPS) is 17.9. The minimum Gasteiger partial charge on any atom is -0.228 e. The first-order chi connectivity index (χ1) is 10.6. The molecule has 112 valence electrons. The van der Waals surface area contributed by atoms with Crippen molar-refractivity contribution in [1.29, 1.82) is 0 Å². The zero-order valence-electron chi connectivity index (χ0n) is 12.1. The van der Waals surface area contributed by atoms with Gasteiger partial charge < -0.3 is 0 Å². The topological polar surface area (TPSA) is 12.9 Å². The summed E-state index contributed by atoms with van der Waals surface area (Å²) in [4.78, 5) is 5.83.